The second-order valence-corrected chi connectivity index (χ2v) is 14.1. The summed E-state index contributed by atoms with van der Waals surface area (Å²) in [5.41, 5.74) is -0.515. The molecule has 3 amide bonds. The molecule has 1 aromatic rings. The molecule has 0 aromatic heterocycles. The molecule has 1 atom stereocenters. The van der Waals surface area contributed by atoms with Crippen LogP contribution in [0.5, 0.6) is 11.5 Å². The van der Waals surface area contributed by atoms with Gasteiger partial charge in [-0.2, -0.15) is 0 Å². The Kier molecular flexibility index (Phi) is 15.9. The molecule has 0 bridgehead atoms. The van der Waals surface area contributed by atoms with Gasteiger partial charge in [0.05, 0.1) is 33.9 Å². The smallest absolute Gasteiger partial charge is 0.410 e. The van der Waals surface area contributed by atoms with E-state index in [1.165, 1.54) is 0 Å². The Morgan fingerprint density at radius 2 is 1.76 bits per heavy atom. The molecule has 0 saturated carbocycles. The van der Waals surface area contributed by atoms with Crippen LogP contribution in [0.1, 0.15) is 58.9 Å². The lowest BCUT2D eigenvalue weighted by molar-refractivity contribution is -0.154. The SMILES string of the molecule is CCOCCNC(=O)C(CC1(OC)CN(C(=O)OC(C)(C)C)C1)N(CCCN1CCCN(C)CC1)C(=O)CCc1ccc(OC)c(OC)c1. The van der Waals surface area contributed by atoms with E-state index in [2.05, 4.69) is 22.2 Å². The highest BCUT2D eigenvalue weighted by molar-refractivity contribution is 5.88. The van der Waals surface area contributed by atoms with Gasteiger partial charge >= 0.3 is 6.09 Å². The maximum Gasteiger partial charge on any atom is 0.410 e. The van der Waals surface area contributed by atoms with Gasteiger partial charge in [-0.1, -0.05) is 6.07 Å². The fourth-order valence-corrected chi connectivity index (χ4v) is 6.33. The minimum Gasteiger partial charge on any atom is -0.493 e. The van der Waals surface area contributed by atoms with Gasteiger partial charge in [0.15, 0.2) is 11.5 Å². The molecule has 2 saturated heterocycles. The van der Waals surface area contributed by atoms with Crippen molar-refractivity contribution in [3.05, 3.63) is 23.8 Å². The Labute approximate surface area is 293 Å². The average molecular weight is 692 g/mol. The van der Waals surface area contributed by atoms with Crippen LogP contribution < -0.4 is 14.8 Å². The Hall–Kier alpha value is -3.13. The van der Waals surface area contributed by atoms with Gasteiger partial charge in [-0.3, -0.25) is 9.59 Å². The van der Waals surface area contributed by atoms with Crippen molar-refractivity contribution in [2.75, 3.05) is 100 Å². The summed E-state index contributed by atoms with van der Waals surface area (Å²) in [6.45, 7) is 14.4. The Balaban J connectivity index is 1.84. The molecule has 0 aliphatic carbocycles. The number of nitrogens with zero attached hydrogens (tertiary/aromatic N) is 4. The summed E-state index contributed by atoms with van der Waals surface area (Å²) in [5, 5.41) is 3.00. The normalized spacial score (nSPS) is 17.4. The van der Waals surface area contributed by atoms with Crippen LogP contribution in [0, 0.1) is 0 Å². The fraction of sp³-hybridized carbons (Fsp3) is 0.750. The number of likely N-dealkylation sites (N-methyl/N-ethyl adjacent to an activating group) is 1. The van der Waals surface area contributed by atoms with Crippen molar-refractivity contribution in [2.24, 2.45) is 0 Å². The maximum absolute atomic E-state index is 14.2. The van der Waals surface area contributed by atoms with Crippen LogP contribution in [0.25, 0.3) is 0 Å². The van der Waals surface area contributed by atoms with Crippen molar-refractivity contribution < 1.29 is 38.1 Å². The predicted molar refractivity (Wildman–Crippen MR) is 188 cm³/mol. The minimum absolute atomic E-state index is 0.120. The maximum atomic E-state index is 14.2. The second-order valence-electron chi connectivity index (χ2n) is 14.1. The first-order valence-corrected chi connectivity index (χ1v) is 17.6. The van der Waals surface area contributed by atoms with E-state index in [1.807, 2.05) is 45.9 Å². The van der Waals surface area contributed by atoms with Crippen LogP contribution >= 0.6 is 0 Å². The van der Waals surface area contributed by atoms with E-state index in [0.29, 0.717) is 44.2 Å². The number of rotatable bonds is 18. The predicted octanol–water partition coefficient (Wildman–Crippen LogP) is 3.04. The molecule has 2 fully saturated rings. The van der Waals surface area contributed by atoms with Crippen molar-refractivity contribution >= 4 is 17.9 Å². The van der Waals surface area contributed by atoms with Gasteiger partial charge in [0.2, 0.25) is 11.8 Å². The van der Waals surface area contributed by atoms with E-state index < -0.39 is 23.3 Å². The summed E-state index contributed by atoms with van der Waals surface area (Å²) >= 11 is 0. The highest BCUT2D eigenvalue weighted by Crippen LogP contribution is 2.33. The molecule has 13 nitrogen and oxygen atoms in total. The molecule has 13 heteroatoms. The van der Waals surface area contributed by atoms with E-state index in [-0.39, 0.29) is 37.7 Å². The molecule has 2 heterocycles. The van der Waals surface area contributed by atoms with E-state index in [1.54, 1.807) is 31.1 Å². The average Bonchev–Trinajstić information content (AvgIpc) is 3.26. The first-order chi connectivity index (χ1) is 23.3. The summed E-state index contributed by atoms with van der Waals surface area (Å²) in [6.07, 6.45) is 2.30. The Morgan fingerprint density at radius 1 is 1.02 bits per heavy atom. The van der Waals surface area contributed by atoms with Crippen molar-refractivity contribution in [1.29, 1.82) is 0 Å². The van der Waals surface area contributed by atoms with Gasteiger partial charge < -0.3 is 48.6 Å². The molecule has 2 aliphatic rings. The van der Waals surface area contributed by atoms with E-state index >= 15 is 0 Å². The topological polar surface area (TPSA) is 122 Å². The van der Waals surface area contributed by atoms with E-state index in [9.17, 15) is 14.4 Å². The molecule has 1 N–H and O–H groups in total. The molecular weight excluding hydrogens is 630 g/mol. The number of nitrogens with one attached hydrogen (secondary N) is 1. The van der Waals surface area contributed by atoms with Crippen molar-refractivity contribution in [3.63, 3.8) is 0 Å². The lowest BCUT2D eigenvalue weighted by Crippen LogP contribution is -2.68. The number of methoxy groups -OCH3 is 3. The third kappa shape index (κ3) is 12.6. The number of hydrogen-bond acceptors (Lipinski definition) is 10. The van der Waals surface area contributed by atoms with Crippen LogP contribution in [0.2, 0.25) is 0 Å². The van der Waals surface area contributed by atoms with E-state index in [4.69, 9.17) is 23.7 Å². The Morgan fingerprint density at radius 3 is 2.41 bits per heavy atom. The van der Waals surface area contributed by atoms with E-state index in [0.717, 1.165) is 51.1 Å². The Bertz CT molecular complexity index is 1200. The van der Waals surface area contributed by atoms with Gasteiger partial charge in [-0.25, -0.2) is 4.79 Å². The summed E-state index contributed by atoms with van der Waals surface area (Å²) in [6, 6.07) is 4.83. The van der Waals surface area contributed by atoms with Crippen LogP contribution in [0.15, 0.2) is 18.2 Å². The quantitative estimate of drug-likeness (QED) is 0.230. The fourth-order valence-electron chi connectivity index (χ4n) is 6.33. The largest absolute Gasteiger partial charge is 0.493 e. The number of hydrogen-bond donors (Lipinski definition) is 1. The zero-order valence-corrected chi connectivity index (χ0v) is 31.2. The number of amides is 3. The van der Waals surface area contributed by atoms with Gasteiger partial charge in [0.25, 0.3) is 0 Å². The molecular formula is C36H61N5O8. The summed E-state index contributed by atoms with van der Waals surface area (Å²) in [4.78, 5) is 49.1. The van der Waals surface area contributed by atoms with Crippen LogP contribution in [-0.4, -0.2) is 155 Å². The molecule has 1 unspecified atom stereocenters. The van der Waals surface area contributed by atoms with Gasteiger partial charge in [-0.05, 0) is 91.3 Å². The van der Waals surface area contributed by atoms with Crippen LogP contribution in [0.4, 0.5) is 4.79 Å². The number of aryl methyl sites for hydroxylation is 1. The summed E-state index contributed by atoms with van der Waals surface area (Å²) in [7, 11) is 6.91. The summed E-state index contributed by atoms with van der Waals surface area (Å²) in [5.74, 6) is 0.835. The lowest BCUT2D eigenvalue weighted by Gasteiger charge is -2.50. The monoisotopic (exact) mass is 691 g/mol. The molecule has 0 radical (unpaired) electrons. The molecule has 49 heavy (non-hydrogen) atoms. The minimum atomic E-state index is -0.810. The highest BCUT2D eigenvalue weighted by atomic mass is 16.6. The number of carbonyl (C=O) groups excluding carboxylic acids is 3. The van der Waals surface area contributed by atoms with Gasteiger partial charge in [0, 0.05) is 52.7 Å². The molecule has 2 aliphatic heterocycles. The molecule has 3 rings (SSSR count). The van der Waals surface area contributed by atoms with Crippen molar-refractivity contribution in [3.8, 4) is 11.5 Å². The third-order valence-corrected chi connectivity index (χ3v) is 9.12. The first-order valence-electron chi connectivity index (χ1n) is 17.6. The highest BCUT2D eigenvalue weighted by Gasteiger charge is 2.50. The molecule has 278 valence electrons. The second kappa shape index (κ2) is 19.3. The first kappa shape index (κ1) is 40.3. The number of carbonyl (C=O) groups is 3. The number of benzene rings is 1. The summed E-state index contributed by atoms with van der Waals surface area (Å²) < 4.78 is 27.9. The van der Waals surface area contributed by atoms with Crippen LogP contribution in [-0.2, 0) is 30.2 Å². The number of ether oxygens (including phenoxy) is 5. The zero-order chi connectivity index (χ0) is 36.0. The van der Waals surface area contributed by atoms with Gasteiger partial charge in [-0.15, -0.1) is 0 Å². The van der Waals surface area contributed by atoms with Crippen LogP contribution in [0.3, 0.4) is 0 Å². The third-order valence-electron chi connectivity index (χ3n) is 9.12. The number of likely N-dealkylation sites (tertiary alicyclic amines) is 1. The lowest BCUT2D eigenvalue weighted by atomic mass is 9.85. The molecule has 1 aromatic carbocycles. The van der Waals surface area contributed by atoms with Crippen molar-refractivity contribution in [1.82, 2.24) is 24.9 Å². The van der Waals surface area contributed by atoms with Crippen molar-refractivity contribution in [2.45, 2.75) is 77.0 Å². The van der Waals surface area contributed by atoms with Gasteiger partial charge in [0.1, 0.15) is 17.2 Å². The molecule has 0 spiro atoms. The standard InChI is InChI=1S/C36H61N5O8/c1-9-48-23-16-37-33(43)29(25-36(47-8)26-40(27-36)34(44)49-35(2,3)4)41(20-11-19-39-18-10-17-38(5)21-22-39)32(42)15-13-28-12-14-30(45-6)31(24-28)46-7/h12,14,24,29H,9-11,13,15-23,25-27H2,1-8H3,(H,37,43). The zero-order valence-electron chi connectivity index (χ0n) is 31.2.